The van der Waals surface area contributed by atoms with E-state index >= 15 is 0 Å². The number of nitrogens with zero attached hydrogens (tertiary/aromatic N) is 1. The zero-order chi connectivity index (χ0) is 12.7. The molecule has 0 bridgehead atoms. The van der Waals surface area contributed by atoms with Crippen LogP contribution in [0, 0.1) is 0 Å². The fourth-order valence-corrected chi connectivity index (χ4v) is 1.71. The second-order valence-electron chi connectivity index (χ2n) is 4.23. The molecular weight excluding hydrogens is 214 g/mol. The Labute approximate surface area is 103 Å². The van der Waals surface area contributed by atoms with Crippen LogP contribution in [0.4, 0.5) is 0 Å². The summed E-state index contributed by atoms with van der Waals surface area (Å²) in [4.78, 5) is 2.09. The van der Waals surface area contributed by atoms with Gasteiger partial charge in [-0.25, -0.2) is 0 Å². The molecule has 1 aromatic rings. The standard InChI is InChI=1S/C14H21NO2/c1-12(11-15(2)8-9-16)10-13-4-6-14(17-3)7-5-13/h4-7,10,16H,8-9,11H2,1-3H3/b12-10-. The minimum absolute atomic E-state index is 0.201. The summed E-state index contributed by atoms with van der Waals surface area (Å²) in [6, 6.07) is 7.98. The summed E-state index contributed by atoms with van der Waals surface area (Å²) >= 11 is 0. The number of rotatable bonds is 6. The Morgan fingerprint density at radius 3 is 2.53 bits per heavy atom. The van der Waals surface area contributed by atoms with Gasteiger partial charge in [0.25, 0.3) is 0 Å². The summed E-state index contributed by atoms with van der Waals surface area (Å²) in [6.07, 6.45) is 2.15. The Morgan fingerprint density at radius 1 is 1.35 bits per heavy atom. The topological polar surface area (TPSA) is 32.7 Å². The van der Waals surface area contributed by atoms with E-state index in [0.29, 0.717) is 6.54 Å². The fourth-order valence-electron chi connectivity index (χ4n) is 1.71. The van der Waals surface area contributed by atoms with Crippen molar-refractivity contribution >= 4 is 6.08 Å². The van der Waals surface area contributed by atoms with Gasteiger partial charge < -0.3 is 14.7 Å². The highest BCUT2D eigenvalue weighted by Crippen LogP contribution is 2.14. The van der Waals surface area contributed by atoms with Gasteiger partial charge in [-0.2, -0.15) is 0 Å². The van der Waals surface area contributed by atoms with Crippen LogP contribution in [-0.2, 0) is 0 Å². The largest absolute Gasteiger partial charge is 0.497 e. The number of methoxy groups -OCH3 is 1. The van der Waals surface area contributed by atoms with E-state index in [9.17, 15) is 0 Å². The maximum atomic E-state index is 8.82. The third-order valence-corrected chi connectivity index (χ3v) is 2.53. The summed E-state index contributed by atoms with van der Waals surface area (Å²) in [5, 5.41) is 8.82. The van der Waals surface area contributed by atoms with Gasteiger partial charge in [-0.1, -0.05) is 23.8 Å². The molecule has 3 nitrogen and oxygen atoms in total. The smallest absolute Gasteiger partial charge is 0.118 e. The van der Waals surface area contributed by atoms with Gasteiger partial charge in [-0.15, -0.1) is 0 Å². The van der Waals surface area contributed by atoms with Crippen LogP contribution in [-0.4, -0.2) is 43.9 Å². The van der Waals surface area contributed by atoms with E-state index < -0.39 is 0 Å². The summed E-state index contributed by atoms with van der Waals surface area (Å²) in [6.45, 7) is 3.87. The molecule has 0 fully saturated rings. The molecule has 1 rings (SSSR count). The lowest BCUT2D eigenvalue weighted by atomic mass is 10.1. The zero-order valence-corrected chi connectivity index (χ0v) is 10.8. The third kappa shape index (κ3) is 5.02. The van der Waals surface area contributed by atoms with Crippen LogP contribution in [0.3, 0.4) is 0 Å². The molecule has 3 heteroatoms. The number of aliphatic hydroxyl groups excluding tert-OH is 1. The van der Waals surface area contributed by atoms with Crippen LogP contribution in [0.15, 0.2) is 29.8 Å². The molecular formula is C14H21NO2. The molecule has 0 saturated heterocycles. The maximum absolute atomic E-state index is 8.82. The van der Waals surface area contributed by atoms with Crippen molar-refractivity contribution in [2.75, 3.05) is 33.9 Å². The van der Waals surface area contributed by atoms with Gasteiger partial charge in [-0.3, -0.25) is 0 Å². The summed E-state index contributed by atoms with van der Waals surface area (Å²) in [7, 11) is 3.67. The monoisotopic (exact) mass is 235 g/mol. The summed E-state index contributed by atoms with van der Waals surface area (Å²) in [5.41, 5.74) is 2.44. The molecule has 0 heterocycles. The highest BCUT2D eigenvalue weighted by molar-refractivity contribution is 5.53. The number of likely N-dealkylation sites (N-methyl/N-ethyl adjacent to an activating group) is 1. The molecule has 0 unspecified atom stereocenters. The molecule has 0 radical (unpaired) electrons. The molecule has 0 spiro atoms. The Kier molecular flexibility index (Phi) is 5.73. The van der Waals surface area contributed by atoms with Crippen molar-refractivity contribution in [3.63, 3.8) is 0 Å². The number of benzene rings is 1. The summed E-state index contributed by atoms with van der Waals surface area (Å²) in [5.74, 6) is 0.872. The van der Waals surface area contributed by atoms with E-state index in [1.165, 1.54) is 11.1 Å². The van der Waals surface area contributed by atoms with Gasteiger partial charge in [0, 0.05) is 13.1 Å². The van der Waals surface area contributed by atoms with E-state index in [1.807, 2.05) is 31.3 Å². The number of hydrogen-bond acceptors (Lipinski definition) is 3. The van der Waals surface area contributed by atoms with Crippen molar-refractivity contribution in [3.8, 4) is 5.75 Å². The SMILES string of the molecule is COc1ccc(/C=C(/C)CN(C)CCO)cc1. The lowest BCUT2D eigenvalue weighted by molar-refractivity contribution is 0.230. The lowest BCUT2D eigenvalue weighted by Gasteiger charge is -2.15. The van der Waals surface area contributed by atoms with Crippen molar-refractivity contribution in [2.45, 2.75) is 6.92 Å². The van der Waals surface area contributed by atoms with E-state index in [1.54, 1.807) is 7.11 Å². The molecule has 94 valence electrons. The first-order chi connectivity index (χ1) is 8.15. The highest BCUT2D eigenvalue weighted by Gasteiger charge is 1.98. The predicted octanol–water partition coefficient (Wildman–Crippen LogP) is 2.02. The first-order valence-corrected chi connectivity index (χ1v) is 5.76. The Morgan fingerprint density at radius 2 is 2.00 bits per heavy atom. The average molecular weight is 235 g/mol. The summed E-state index contributed by atoms with van der Waals surface area (Å²) < 4.78 is 5.11. The molecule has 0 amide bonds. The number of ether oxygens (including phenoxy) is 1. The molecule has 0 aliphatic rings. The Hall–Kier alpha value is -1.32. The Bertz CT molecular complexity index is 357. The van der Waals surface area contributed by atoms with Gasteiger partial charge in [0.15, 0.2) is 0 Å². The van der Waals surface area contributed by atoms with Crippen LogP contribution in [0.25, 0.3) is 6.08 Å². The molecule has 0 atom stereocenters. The molecule has 0 saturated carbocycles. The number of hydrogen-bond donors (Lipinski definition) is 1. The normalized spacial score (nSPS) is 11.9. The van der Waals surface area contributed by atoms with E-state index in [0.717, 1.165) is 12.3 Å². The van der Waals surface area contributed by atoms with Crippen molar-refractivity contribution in [1.82, 2.24) is 4.90 Å². The van der Waals surface area contributed by atoms with E-state index in [4.69, 9.17) is 9.84 Å². The first kappa shape index (κ1) is 13.7. The lowest BCUT2D eigenvalue weighted by Crippen LogP contribution is -2.23. The fraction of sp³-hybridized carbons (Fsp3) is 0.429. The zero-order valence-electron chi connectivity index (χ0n) is 10.8. The second-order valence-corrected chi connectivity index (χ2v) is 4.23. The second kappa shape index (κ2) is 7.09. The minimum Gasteiger partial charge on any atom is -0.497 e. The van der Waals surface area contributed by atoms with E-state index in [2.05, 4.69) is 17.9 Å². The Balaban J connectivity index is 2.60. The molecule has 0 aliphatic carbocycles. The molecule has 17 heavy (non-hydrogen) atoms. The van der Waals surface area contributed by atoms with Crippen molar-refractivity contribution in [3.05, 3.63) is 35.4 Å². The van der Waals surface area contributed by atoms with Gasteiger partial charge in [0.05, 0.1) is 13.7 Å². The van der Waals surface area contributed by atoms with E-state index in [-0.39, 0.29) is 6.61 Å². The molecule has 0 aliphatic heterocycles. The van der Waals surface area contributed by atoms with Crippen LogP contribution >= 0.6 is 0 Å². The van der Waals surface area contributed by atoms with Crippen molar-refractivity contribution < 1.29 is 9.84 Å². The van der Waals surface area contributed by atoms with Crippen LogP contribution in [0.5, 0.6) is 5.75 Å². The van der Waals surface area contributed by atoms with Crippen molar-refractivity contribution in [1.29, 1.82) is 0 Å². The third-order valence-electron chi connectivity index (χ3n) is 2.53. The number of aliphatic hydroxyl groups is 1. The maximum Gasteiger partial charge on any atom is 0.118 e. The molecule has 1 N–H and O–H groups in total. The van der Waals surface area contributed by atoms with Gasteiger partial charge in [0.2, 0.25) is 0 Å². The van der Waals surface area contributed by atoms with Crippen LogP contribution in [0.1, 0.15) is 12.5 Å². The average Bonchev–Trinajstić information content (AvgIpc) is 2.30. The minimum atomic E-state index is 0.201. The van der Waals surface area contributed by atoms with Gasteiger partial charge in [-0.05, 0) is 31.7 Å². The molecule has 0 aromatic heterocycles. The van der Waals surface area contributed by atoms with Crippen LogP contribution in [0.2, 0.25) is 0 Å². The van der Waals surface area contributed by atoms with Crippen molar-refractivity contribution in [2.24, 2.45) is 0 Å². The van der Waals surface area contributed by atoms with Gasteiger partial charge >= 0.3 is 0 Å². The van der Waals surface area contributed by atoms with Crippen LogP contribution < -0.4 is 4.74 Å². The highest BCUT2D eigenvalue weighted by atomic mass is 16.5. The predicted molar refractivity (Wildman–Crippen MR) is 71.2 cm³/mol. The first-order valence-electron chi connectivity index (χ1n) is 5.76. The van der Waals surface area contributed by atoms with Gasteiger partial charge in [0.1, 0.15) is 5.75 Å². The molecule has 1 aromatic carbocycles. The quantitative estimate of drug-likeness (QED) is 0.819.